The molecule has 1 fully saturated rings. The van der Waals surface area contributed by atoms with E-state index in [-0.39, 0.29) is 35.7 Å². The molecule has 4 aromatic rings. The van der Waals surface area contributed by atoms with E-state index < -0.39 is 0 Å². The maximum Gasteiger partial charge on any atom is 0.285 e. The van der Waals surface area contributed by atoms with Crippen molar-refractivity contribution < 1.29 is 0 Å². The number of aromatic nitrogens is 4. The van der Waals surface area contributed by atoms with Crippen molar-refractivity contribution in [2.75, 3.05) is 18.0 Å². The Morgan fingerprint density at radius 2 is 1.92 bits per heavy atom. The second-order valence-corrected chi connectivity index (χ2v) is 11.2. The van der Waals surface area contributed by atoms with E-state index in [0.717, 1.165) is 29.9 Å². The summed E-state index contributed by atoms with van der Waals surface area (Å²) >= 11 is 1.72. The van der Waals surface area contributed by atoms with Gasteiger partial charge in [-0.05, 0) is 44.4 Å². The van der Waals surface area contributed by atoms with Crippen LogP contribution in [0, 0.1) is 29.6 Å². The first kappa shape index (κ1) is 25.9. The van der Waals surface area contributed by atoms with E-state index in [0.29, 0.717) is 23.6 Å². The second kappa shape index (κ2) is 10.2. The van der Waals surface area contributed by atoms with Crippen LogP contribution in [0.2, 0.25) is 0 Å². The van der Waals surface area contributed by atoms with E-state index in [1.165, 1.54) is 14.9 Å². The predicted octanol–water partition coefficient (Wildman–Crippen LogP) is 4.33. The van der Waals surface area contributed by atoms with E-state index in [2.05, 4.69) is 65.9 Å². The van der Waals surface area contributed by atoms with Gasteiger partial charge in [-0.1, -0.05) is 19.9 Å². The normalized spacial score (nSPS) is 19.1. The third-order valence-corrected chi connectivity index (χ3v) is 8.79. The largest absolute Gasteiger partial charge is 0.361 e. The van der Waals surface area contributed by atoms with E-state index in [1.807, 2.05) is 6.92 Å². The van der Waals surface area contributed by atoms with Gasteiger partial charge in [-0.3, -0.25) is 9.69 Å². The Morgan fingerprint density at radius 1 is 1.16 bits per heavy atom. The number of thiazole rings is 1. The summed E-state index contributed by atoms with van der Waals surface area (Å²) in [7, 11) is 1.63. The summed E-state index contributed by atoms with van der Waals surface area (Å²) in [6.45, 7) is 10.1. The smallest absolute Gasteiger partial charge is 0.285 e. The lowest BCUT2D eigenvalue weighted by molar-refractivity contribution is 0.101. The molecule has 3 atom stereocenters. The molecular formula is C28H32N8OS. The molecule has 0 bridgehead atoms. The highest BCUT2D eigenvalue weighted by Gasteiger charge is 2.38. The molecule has 1 aliphatic heterocycles. The first-order chi connectivity index (χ1) is 18.3. The van der Waals surface area contributed by atoms with Crippen LogP contribution in [0.5, 0.6) is 0 Å². The molecule has 10 heteroatoms. The van der Waals surface area contributed by atoms with E-state index in [4.69, 9.17) is 4.98 Å². The van der Waals surface area contributed by atoms with Crippen LogP contribution in [0.1, 0.15) is 61.5 Å². The summed E-state index contributed by atoms with van der Waals surface area (Å²) in [5.74, 6) is 0. The fraction of sp³-hybridized carbons (Fsp3) is 0.464. The average Bonchev–Trinajstić information content (AvgIpc) is 3.51. The third kappa shape index (κ3) is 4.24. The van der Waals surface area contributed by atoms with Crippen LogP contribution in [0.25, 0.3) is 15.9 Å². The Kier molecular flexibility index (Phi) is 6.95. The number of piperazine rings is 1. The first-order valence-electron chi connectivity index (χ1n) is 13.1. The van der Waals surface area contributed by atoms with Crippen molar-refractivity contribution >= 4 is 32.9 Å². The van der Waals surface area contributed by atoms with Gasteiger partial charge in [0.05, 0.1) is 39.6 Å². The van der Waals surface area contributed by atoms with Crippen LogP contribution < -0.4 is 10.5 Å². The number of aryl methyl sites for hydroxylation is 2. The maximum absolute atomic E-state index is 13.2. The van der Waals surface area contributed by atoms with Gasteiger partial charge in [-0.15, -0.1) is 11.3 Å². The van der Waals surface area contributed by atoms with Crippen molar-refractivity contribution in [3.05, 3.63) is 56.6 Å². The van der Waals surface area contributed by atoms with Crippen LogP contribution in [0.15, 0.2) is 29.2 Å². The second-order valence-electron chi connectivity index (χ2n) is 10.0. The van der Waals surface area contributed by atoms with Crippen LogP contribution in [-0.2, 0) is 13.5 Å². The fourth-order valence-electron chi connectivity index (χ4n) is 5.76. The quantitative estimate of drug-likeness (QED) is 0.367. The molecule has 1 saturated heterocycles. The lowest BCUT2D eigenvalue weighted by Gasteiger charge is -2.49. The molecule has 1 unspecified atom stereocenters. The first-order valence-corrected chi connectivity index (χ1v) is 13.9. The van der Waals surface area contributed by atoms with Gasteiger partial charge in [0.15, 0.2) is 5.65 Å². The Labute approximate surface area is 226 Å². The Balaban J connectivity index is 1.57. The van der Waals surface area contributed by atoms with Crippen molar-refractivity contribution in [2.45, 2.75) is 65.1 Å². The molecule has 0 radical (unpaired) electrons. The van der Waals surface area contributed by atoms with Gasteiger partial charge in [0.2, 0.25) is 0 Å². The minimum absolute atomic E-state index is 0.0914. The highest BCUT2D eigenvalue weighted by Crippen LogP contribution is 2.36. The van der Waals surface area contributed by atoms with Crippen LogP contribution in [0.3, 0.4) is 0 Å². The van der Waals surface area contributed by atoms with E-state index in [9.17, 15) is 15.3 Å². The number of nitrogens with zero attached hydrogens (tertiary/aromatic N) is 8. The molecule has 196 valence electrons. The zero-order valence-corrected chi connectivity index (χ0v) is 23.3. The minimum Gasteiger partial charge on any atom is -0.361 e. The summed E-state index contributed by atoms with van der Waals surface area (Å²) in [6, 6.07) is 11.4. The van der Waals surface area contributed by atoms with Crippen molar-refractivity contribution in [3.8, 4) is 12.1 Å². The maximum atomic E-state index is 13.2. The highest BCUT2D eigenvalue weighted by atomic mass is 32.1. The molecule has 0 amide bonds. The summed E-state index contributed by atoms with van der Waals surface area (Å²) in [5, 5.41) is 20.4. The number of anilines is 1. The molecule has 0 N–H and O–H groups in total. The molecule has 0 saturated carbocycles. The van der Waals surface area contributed by atoms with Crippen molar-refractivity contribution in [3.63, 3.8) is 0 Å². The van der Waals surface area contributed by atoms with Gasteiger partial charge in [0, 0.05) is 38.3 Å². The Hall–Kier alpha value is -3.73. The molecule has 5 rings (SSSR count). The summed E-state index contributed by atoms with van der Waals surface area (Å²) in [6.07, 6.45) is 3.64. The van der Waals surface area contributed by atoms with Gasteiger partial charge in [0.25, 0.3) is 5.56 Å². The number of hydrogen-bond acceptors (Lipinski definition) is 8. The molecule has 1 aliphatic rings. The van der Waals surface area contributed by atoms with Gasteiger partial charge in [0.1, 0.15) is 17.3 Å². The molecule has 9 nitrogen and oxygen atoms in total. The molecule has 0 spiro atoms. The van der Waals surface area contributed by atoms with Gasteiger partial charge in [-0.2, -0.15) is 10.5 Å². The monoisotopic (exact) mass is 528 g/mol. The summed E-state index contributed by atoms with van der Waals surface area (Å²) in [5.41, 5.74) is 3.78. The van der Waals surface area contributed by atoms with Crippen LogP contribution in [0.4, 0.5) is 5.69 Å². The fourth-order valence-corrected chi connectivity index (χ4v) is 6.64. The topological polar surface area (TPSA) is 106 Å². The van der Waals surface area contributed by atoms with Gasteiger partial charge >= 0.3 is 0 Å². The average molecular weight is 529 g/mol. The molecule has 38 heavy (non-hydrogen) atoms. The molecular weight excluding hydrogens is 496 g/mol. The number of hydrogen-bond donors (Lipinski definition) is 0. The third-order valence-electron chi connectivity index (χ3n) is 7.86. The summed E-state index contributed by atoms with van der Waals surface area (Å²) in [4.78, 5) is 27.4. The standard InChI is InChI=1S/C28H32N8OS/c1-6-21-16-35(26-23(13-30)28(37)33(5)36-14-20(10-11-29)32-27(26)36)22(7-2)15-34(21)17(3)19-8-9-24-25(12-19)38-18(4)31-24/h8-9,12,14,17,21-22H,6-7,10,15-16H2,1-5H3/t17?,21-,22+/m1/s1. The van der Waals surface area contributed by atoms with Crippen LogP contribution in [-0.4, -0.2) is 49.2 Å². The van der Waals surface area contributed by atoms with Gasteiger partial charge < -0.3 is 4.90 Å². The highest BCUT2D eigenvalue weighted by molar-refractivity contribution is 7.18. The SMILES string of the molecule is CC[C@H]1CN(C(C)c2ccc3nc(C)sc3c2)[C@H](CC)CN1c1c(C#N)c(=O)n(C)n2cc(CC#N)nc12. The van der Waals surface area contributed by atoms with E-state index >= 15 is 0 Å². The number of nitriles is 2. The molecule has 1 aromatic carbocycles. The molecule has 4 heterocycles. The van der Waals surface area contributed by atoms with Crippen molar-refractivity contribution in [2.24, 2.45) is 7.05 Å². The molecule has 3 aromatic heterocycles. The number of rotatable bonds is 6. The Morgan fingerprint density at radius 3 is 2.61 bits per heavy atom. The van der Waals surface area contributed by atoms with Crippen molar-refractivity contribution in [1.29, 1.82) is 10.5 Å². The lowest BCUT2D eigenvalue weighted by atomic mass is 9.96. The number of fused-ring (bicyclic) bond motifs is 2. The van der Waals surface area contributed by atoms with Crippen molar-refractivity contribution in [1.82, 2.24) is 24.1 Å². The zero-order valence-electron chi connectivity index (χ0n) is 22.5. The summed E-state index contributed by atoms with van der Waals surface area (Å²) < 4.78 is 4.29. The lowest BCUT2D eigenvalue weighted by Crippen LogP contribution is -2.59. The minimum atomic E-state index is -0.359. The van der Waals surface area contributed by atoms with Gasteiger partial charge in [-0.25, -0.2) is 19.2 Å². The van der Waals surface area contributed by atoms with E-state index in [1.54, 1.807) is 29.1 Å². The Bertz CT molecular complexity index is 1650. The molecule has 0 aliphatic carbocycles. The number of imidazole rings is 1. The zero-order chi connectivity index (χ0) is 27.1. The van der Waals surface area contributed by atoms with Crippen LogP contribution >= 0.6 is 11.3 Å². The predicted molar refractivity (Wildman–Crippen MR) is 149 cm³/mol. The number of benzene rings is 1.